The maximum absolute atomic E-state index is 12.1. The van der Waals surface area contributed by atoms with Crippen molar-refractivity contribution in [3.63, 3.8) is 0 Å². The van der Waals surface area contributed by atoms with Gasteiger partial charge in [0.05, 0.1) is 7.11 Å². The van der Waals surface area contributed by atoms with Gasteiger partial charge in [0, 0.05) is 18.5 Å². The van der Waals surface area contributed by atoms with Crippen LogP contribution in [-0.4, -0.2) is 25.6 Å². The van der Waals surface area contributed by atoms with E-state index in [2.05, 4.69) is 5.32 Å². The number of carbonyl (C=O) groups excluding carboxylic acids is 1. The van der Waals surface area contributed by atoms with Gasteiger partial charge in [0.2, 0.25) is 5.91 Å². The first kappa shape index (κ1) is 14.9. The number of benzene rings is 1. The Kier molecular flexibility index (Phi) is 5.41. The highest BCUT2D eigenvalue weighted by Crippen LogP contribution is 2.23. The first-order chi connectivity index (χ1) is 9.70. The van der Waals surface area contributed by atoms with Crippen molar-refractivity contribution in [3.05, 3.63) is 29.8 Å². The summed E-state index contributed by atoms with van der Waals surface area (Å²) in [5, 5.41) is 3.02. The second-order valence-corrected chi connectivity index (χ2v) is 5.48. The van der Waals surface area contributed by atoms with Crippen LogP contribution >= 0.6 is 0 Å². The van der Waals surface area contributed by atoms with Gasteiger partial charge < -0.3 is 15.8 Å². The summed E-state index contributed by atoms with van der Waals surface area (Å²) in [6.07, 6.45) is 4.68. The molecule has 1 amide bonds. The number of nitrogens with two attached hydrogens (primary N) is 1. The third kappa shape index (κ3) is 3.97. The average Bonchev–Trinajstić information content (AvgIpc) is 2.47. The molecule has 0 bridgehead atoms. The second kappa shape index (κ2) is 7.29. The van der Waals surface area contributed by atoms with Crippen molar-refractivity contribution >= 4 is 5.91 Å². The molecule has 1 aliphatic carbocycles. The van der Waals surface area contributed by atoms with Crippen LogP contribution in [0.15, 0.2) is 24.3 Å². The minimum absolute atomic E-state index is 0.0939. The Balaban J connectivity index is 1.79. The Bertz CT molecular complexity index is 448. The molecule has 0 heterocycles. The molecule has 0 radical (unpaired) electrons. The zero-order valence-electron chi connectivity index (χ0n) is 12.1. The molecule has 1 aromatic rings. The first-order valence-electron chi connectivity index (χ1n) is 7.36. The third-order valence-corrected chi connectivity index (χ3v) is 3.97. The molecular formula is C16H24N2O2. The van der Waals surface area contributed by atoms with Crippen molar-refractivity contribution in [2.45, 2.75) is 38.1 Å². The number of para-hydroxylation sites is 1. The Labute approximate surface area is 120 Å². The monoisotopic (exact) mass is 276 g/mol. The molecule has 0 aromatic heterocycles. The summed E-state index contributed by atoms with van der Waals surface area (Å²) in [4.78, 5) is 12.1. The van der Waals surface area contributed by atoms with Gasteiger partial charge in [0.25, 0.3) is 0 Å². The zero-order chi connectivity index (χ0) is 14.4. The Morgan fingerprint density at radius 1 is 1.40 bits per heavy atom. The van der Waals surface area contributed by atoms with Gasteiger partial charge in [0.15, 0.2) is 0 Å². The molecule has 4 nitrogen and oxygen atoms in total. The summed E-state index contributed by atoms with van der Waals surface area (Å²) in [6, 6.07) is 8.09. The van der Waals surface area contributed by atoms with Crippen LogP contribution in [0.3, 0.4) is 0 Å². The third-order valence-electron chi connectivity index (χ3n) is 3.97. The van der Waals surface area contributed by atoms with Crippen LogP contribution in [-0.2, 0) is 11.2 Å². The van der Waals surface area contributed by atoms with E-state index >= 15 is 0 Å². The molecular weight excluding hydrogens is 252 g/mol. The fourth-order valence-corrected chi connectivity index (χ4v) is 2.84. The van der Waals surface area contributed by atoms with E-state index in [4.69, 9.17) is 10.5 Å². The molecule has 1 aliphatic rings. The number of rotatable bonds is 5. The first-order valence-corrected chi connectivity index (χ1v) is 7.36. The van der Waals surface area contributed by atoms with E-state index < -0.39 is 0 Å². The lowest BCUT2D eigenvalue weighted by molar-refractivity contribution is -0.126. The maximum Gasteiger partial charge on any atom is 0.223 e. The molecule has 3 N–H and O–H groups in total. The lowest BCUT2D eigenvalue weighted by Gasteiger charge is -2.25. The van der Waals surface area contributed by atoms with Crippen molar-refractivity contribution < 1.29 is 9.53 Å². The number of methoxy groups -OCH3 is 1. The van der Waals surface area contributed by atoms with Gasteiger partial charge in [-0.25, -0.2) is 0 Å². The highest BCUT2D eigenvalue weighted by molar-refractivity contribution is 5.78. The number of ether oxygens (including phenoxy) is 1. The molecule has 1 fully saturated rings. The van der Waals surface area contributed by atoms with Gasteiger partial charge in [0.1, 0.15) is 5.75 Å². The Morgan fingerprint density at radius 3 is 2.95 bits per heavy atom. The number of hydrogen-bond acceptors (Lipinski definition) is 3. The van der Waals surface area contributed by atoms with Crippen LogP contribution < -0.4 is 15.8 Å². The summed E-state index contributed by atoms with van der Waals surface area (Å²) in [7, 11) is 1.67. The molecule has 110 valence electrons. The van der Waals surface area contributed by atoms with E-state index in [1.807, 2.05) is 24.3 Å². The summed E-state index contributed by atoms with van der Waals surface area (Å²) in [5.74, 6) is 1.12. The fraction of sp³-hybridized carbons (Fsp3) is 0.562. The molecule has 4 heteroatoms. The van der Waals surface area contributed by atoms with Gasteiger partial charge in [-0.15, -0.1) is 0 Å². The minimum Gasteiger partial charge on any atom is -0.496 e. The van der Waals surface area contributed by atoms with Crippen molar-refractivity contribution in [2.75, 3.05) is 13.7 Å². The van der Waals surface area contributed by atoms with Gasteiger partial charge in [-0.05, 0) is 37.3 Å². The molecule has 1 aromatic carbocycles. The van der Waals surface area contributed by atoms with Crippen molar-refractivity contribution in [1.29, 1.82) is 0 Å². The summed E-state index contributed by atoms with van der Waals surface area (Å²) in [5.41, 5.74) is 7.04. The predicted octanol–water partition coefficient (Wildman–Crippen LogP) is 1.87. The number of amides is 1. The van der Waals surface area contributed by atoms with Crippen LogP contribution in [0.25, 0.3) is 0 Å². The molecule has 2 atom stereocenters. The van der Waals surface area contributed by atoms with Crippen LogP contribution in [0.2, 0.25) is 0 Å². The van der Waals surface area contributed by atoms with E-state index in [9.17, 15) is 4.79 Å². The smallest absolute Gasteiger partial charge is 0.223 e. The molecule has 1 saturated carbocycles. The van der Waals surface area contributed by atoms with Crippen LogP contribution in [0.4, 0.5) is 0 Å². The van der Waals surface area contributed by atoms with Crippen molar-refractivity contribution in [2.24, 2.45) is 11.7 Å². The van der Waals surface area contributed by atoms with Crippen molar-refractivity contribution in [3.8, 4) is 5.75 Å². The number of carbonyl (C=O) groups is 1. The van der Waals surface area contributed by atoms with Crippen molar-refractivity contribution in [1.82, 2.24) is 5.32 Å². The molecule has 2 unspecified atom stereocenters. The van der Waals surface area contributed by atoms with Gasteiger partial charge >= 0.3 is 0 Å². The van der Waals surface area contributed by atoms with E-state index in [1.54, 1.807) is 7.11 Å². The SMILES string of the molecule is COc1ccccc1CCNC(=O)C1CCCC(N)C1. The average molecular weight is 276 g/mol. The fourth-order valence-electron chi connectivity index (χ4n) is 2.84. The molecule has 20 heavy (non-hydrogen) atoms. The molecule has 2 rings (SSSR count). The lowest BCUT2D eigenvalue weighted by Crippen LogP contribution is -2.38. The molecule has 0 saturated heterocycles. The maximum atomic E-state index is 12.1. The van der Waals surface area contributed by atoms with Crippen LogP contribution in [0.1, 0.15) is 31.2 Å². The predicted molar refractivity (Wildman–Crippen MR) is 79.6 cm³/mol. The summed E-state index contributed by atoms with van der Waals surface area (Å²) >= 11 is 0. The van der Waals surface area contributed by atoms with Gasteiger partial charge in [-0.2, -0.15) is 0 Å². The van der Waals surface area contributed by atoms with Crippen LogP contribution in [0.5, 0.6) is 5.75 Å². The lowest BCUT2D eigenvalue weighted by atomic mass is 9.85. The van der Waals surface area contributed by atoms with E-state index in [0.29, 0.717) is 6.54 Å². The minimum atomic E-state index is 0.0939. The van der Waals surface area contributed by atoms with Gasteiger partial charge in [-0.1, -0.05) is 24.6 Å². The number of hydrogen-bond donors (Lipinski definition) is 2. The Hall–Kier alpha value is -1.55. The summed E-state index contributed by atoms with van der Waals surface area (Å²) < 4.78 is 5.30. The molecule has 0 spiro atoms. The quantitative estimate of drug-likeness (QED) is 0.863. The number of nitrogens with one attached hydrogen (secondary N) is 1. The second-order valence-electron chi connectivity index (χ2n) is 5.48. The molecule has 0 aliphatic heterocycles. The Morgan fingerprint density at radius 2 is 2.20 bits per heavy atom. The highest BCUT2D eigenvalue weighted by Gasteiger charge is 2.24. The van der Waals surface area contributed by atoms with E-state index in [1.165, 1.54) is 0 Å². The zero-order valence-corrected chi connectivity index (χ0v) is 12.1. The van der Waals surface area contributed by atoms with Crippen LogP contribution in [0, 0.1) is 5.92 Å². The highest BCUT2D eigenvalue weighted by atomic mass is 16.5. The normalized spacial score (nSPS) is 22.3. The standard InChI is InChI=1S/C16H24N2O2/c1-20-15-8-3-2-5-12(15)9-10-18-16(19)13-6-4-7-14(17)11-13/h2-3,5,8,13-14H,4,6-7,9-11,17H2,1H3,(H,18,19). The van der Waals surface area contributed by atoms with E-state index in [0.717, 1.165) is 43.4 Å². The topological polar surface area (TPSA) is 64.3 Å². The largest absolute Gasteiger partial charge is 0.496 e. The summed E-state index contributed by atoms with van der Waals surface area (Å²) in [6.45, 7) is 0.644. The van der Waals surface area contributed by atoms with Gasteiger partial charge in [-0.3, -0.25) is 4.79 Å². The van der Waals surface area contributed by atoms with E-state index in [-0.39, 0.29) is 17.9 Å².